The Hall–Kier alpha value is -4.86. The molecule has 1 spiro atoms. The maximum atomic E-state index is 15.7. The van der Waals surface area contributed by atoms with Crippen molar-refractivity contribution in [3.63, 3.8) is 0 Å². The fourth-order valence-electron chi connectivity index (χ4n) is 9.80. The Morgan fingerprint density at radius 2 is 1.70 bits per heavy atom. The van der Waals surface area contributed by atoms with Crippen LogP contribution in [0.4, 0.5) is 27.1 Å². The molecule has 5 fully saturated rings. The number of imide groups is 1. The minimum Gasteiger partial charge on any atom is -0.374 e. The minimum absolute atomic E-state index is 0.0950. The van der Waals surface area contributed by atoms with Crippen LogP contribution in [0.15, 0.2) is 60.7 Å². The molecule has 57 heavy (non-hydrogen) atoms. The van der Waals surface area contributed by atoms with Crippen LogP contribution in [0.2, 0.25) is 5.02 Å². The summed E-state index contributed by atoms with van der Waals surface area (Å²) in [6.45, 7) is 10.8. The Bertz CT molecular complexity index is 2030. The van der Waals surface area contributed by atoms with Gasteiger partial charge in [-0.2, -0.15) is 5.26 Å². The number of hydrogen-bond acceptors (Lipinski definition) is 9. The molecule has 5 aliphatic heterocycles. The lowest BCUT2D eigenvalue weighted by atomic mass is 9.76. The highest BCUT2D eigenvalue weighted by atomic mass is 35.5. The number of carbonyl (C=O) groups is 3. The third-order valence-electron chi connectivity index (χ3n) is 13.1. The second-order valence-electron chi connectivity index (χ2n) is 16.8. The van der Waals surface area contributed by atoms with Crippen molar-refractivity contribution in [1.29, 1.82) is 5.26 Å². The standard InChI is InChI=1S/C44H52ClFN8O3/c1-30-26-44(29-54(30)36-7-5-33(27-47)37(45)25-36)13-17-52(18-14-44)40-9-6-32(23-38(40)46)43(57)53-15-11-31(12-16-53)28-50-19-21-51(22-20-50)35-4-2-3-34(24-35)48-39-8-10-41(55)49-42(39)56/h2-7,9,23-25,30-31,39,48H,8,10-22,26,28-29H2,1H3,(H,49,55,56). The molecular formula is C44H52ClFN8O3. The van der Waals surface area contributed by atoms with Crippen molar-refractivity contribution in [3.8, 4) is 6.07 Å². The molecule has 0 saturated carbocycles. The van der Waals surface area contributed by atoms with Crippen molar-refractivity contribution < 1.29 is 18.8 Å². The molecule has 300 valence electrons. The number of rotatable bonds is 8. The lowest BCUT2D eigenvalue weighted by Gasteiger charge is -2.40. The average Bonchev–Trinajstić information content (AvgIpc) is 3.54. The van der Waals surface area contributed by atoms with Gasteiger partial charge in [-0.1, -0.05) is 17.7 Å². The van der Waals surface area contributed by atoms with E-state index in [1.54, 1.807) is 18.2 Å². The fraction of sp³-hybridized carbons (Fsp3) is 0.500. The smallest absolute Gasteiger partial charge is 0.253 e. The van der Waals surface area contributed by atoms with Crippen LogP contribution in [-0.4, -0.2) is 105 Å². The first kappa shape index (κ1) is 39.0. The van der Waals surface area contributed by atoms with Gasteiger partial charge in [0.15, 0.2) is 0 Å². The predicted octanol–water partition coefficient (Wildman–Crippen LogP) is 6.13. The molecule has 0 aliphatic carbocycles. The van der Waals surface area contributed by atoms with Gasteiger partial charge >= 0.3 is 0 Å². The average molecular weight is 795 g/mol. The van der Waals surface area contributed by atoms with Gasteiger partial charge in [-0.3, -0.25) is 24.6 Å². The van der Waals surface area contributed by atoms with Crippen molar-refractivity contribution in [2.45, 2.75) is 64.0 Å². The van der Waals surface area contributed by atoms with Crippen molar-refractivity contribution in [3.05, 3.63) is 82.6 Å². The van der Waals surface area contributed by atoms with E-state index in [2.05, 4.69) is 55.4 Å². The number of likely N-dealkylation sites (tertiary alicyclic amines) is 1. The molecule has 13 heteroatoms. The van der Waals surface area contributed by atoms with Gasteiger partial charge in [0.05, 0.1) is 16.3 Å². The molecule has 2 unspecified atom stereocenters. The zero-order valence-electron chi connectivity index (χ0n) is 32.7. The largest absolute Gasteiger partial charge is 0.374 e. The molecule has 2 atom stereocenters. The molecule has 2 N–H and O–H groups in total. The van der Waals surface area contributed by atoms with Crippen molar-refractivity contribution in [2.24, 2.45) is 11.3 Å². The predicted molar refractivity (Wildman–Crippen MR) is 221 cm³/mol. The normalized spacial score (nSPS) is 23.1. The number of nitrogens with zero attached hydrogens (tertiary/aromatic N) is 6. The Morgan fingerprint density at radius 1 is 0.930 bits per heavy atom. The van der Waals surface area contributed by atoms with Gasteiger partial charge in [0.1, 0.15) is 17.9 Å². The van der Waals surface area contributed by atoms with Crippen LogP contribution < -0.4 is 25.3 Å². The molecule has 11 nitrogen and oxygen atoms in total. The highest BCUT2D eigenvalue weighted by Crippen LogP contribution is 2.46. The van der Waals surface area contributed by atoms with Crippen molar-refractivity contribution in [1.82, 2.24) is 15.1 Å². The van der Waals surface area contributed by atoms with E-state index in [1.165, 1.54) is 6.07 Å². The molecule has 8 rings (SSSR count). The van der Waals surface area contributed by atoms with Crippen LogP contribution in [0.25, 0.3) is 0 Å². The molecule has 0 bridgehead atoms. The van der Waals surface area contributed by atoms with Crippen LogP contribution in [0.5, 0.6) is 0 Å². The van der Waals surface area contributed by atoms with E-state index in [0.717, 1.165) is 102 Å². The SMILES string of the molecule is CC1CC2(CCN(c3ccc(C(=O)N4CCC(CN5CCN(c6cccc(NC7CCC(=O)NC7=O)c6)CC5)CC4)cc3F)CC2)CN1c1ccc(C#N)c(Cl)c1. The van der Waals surface area contributed by atoms with Crippen LogP contribution in [0.3, 0.4) is 0 Å². The third kappa shape index (κ3) is 8.56. The molecule has 0 radical (unpaired) electrons. The van der Waals surface area contributed by atoms with Crippen LogP contribution >= 0.6 is 11.6 Å². The van der Waals surface area contributed by atoms with E-state index >= 15 is 4.39 Å². The van der Waals surface area contributed by atoms with Gasteiger partial charge in [0.25, 0.3) is 5.91 Å². The van der Waals surface area contributed by atoms with Crippen LogP contribution in [0.1, 0.15) is 67.8 Å². The number of carbonyl (C=O) groups excluding carboxylic acids is 3. The number of piperazine rings is 1. The number of nitriles is 1. The zero-order chi connectivity index (χ0) is 39.7. The first-order valence-electron chi connectivity index (χ1n) is 20.5. The van der Waals surface area contributed by atoms with E-state index in [-0.39, 0.29) is 29.0 Å². The first-order chi connectivity index (χ1) is 27.6. The maximum Gasteiger partial charge on any atom is 0.253 e. The number of benzene rings is 3. The number of hydrogen-bond donors (Lipinski definition) is 2. The zero-order valence-corrected chi connectivity index (χ0v) is 33.4. The topological polar surface area (TPSA) is 115 Å². The summed E-state index contributed by atoms with van der Waals surface area (Å²) in [5, 5.41) is 15.5. The molecular weight excluding hydrogens is 743 g/mol. The second-order valence-corrected chi connectivity index (χ2v) is 17.2. The number of amides is 3. The monoisotopic (exact) mass is 794 g/mol. The molecule has 3 amide bonds. The lowest BCUT2D eigenvalue weighted by Crippen LogP contribution is -2.49. The summed E-state index contributed by atoms with van der Waals surface area (Å²) in [6.07, 6.45) is 5.69. The van der Waals surface area contributed by atoms with Gasteiger partial charge in [-0.25, -0.2) is 4.39 Å². The number of nitrogens with one attached hydrogen (secondary N) is 2. The summed E-state index contributed by atoms with van der Waals surface area (Å²) < 4.78 is 15.7. The summed E-state index contributed by atoms with van der Waals surface area (Å²) in [7, 11) is 0. The van der Waals surface area contributed by atoms with Gasteiger partial charge in [-0.05, 0) is 111 Å². The van der Waals surface area contributed by atoms with Gasteiger partial charge in [0, 0.05) is 101 Å². The van der Waals surface area contributed by atoms with Crippen molar-refractivity contribution in [2.75, 3.05) is 85.5 Å². The summed E-state index contributed by atoms with van der Waals surface area (Å²) in [5.74, 6) is -0.405. The third-order valence-corrected chi connectivity index (χ3v) is 13.4. The Morgan fingerprint density at radius 3 is 2.40 bits per heavy atom. The molecule has 3 aromatic carbocycles. The Labute approximate surface area is 339 Å². The summed E-state index contributed by atoms with van der Waals surface area (Å²) >= 11 is 6.36. The van der Waals surface area contributed by atoms with E-state index < -0.39 is 6.04 Å². The van der Waals surface area contributed by atoms with Crippen molar-refractivity contribution >= 4 is 52.1 Å². The molecule has 5 aliphatic rings. The van der Waals surface area contributed by atoms with E-state index in [1.807, 2.05) is 29.2 Å². The number of anilines is 4. The summed E-state index contributed by atoms with van der Waals surface area (Å²) in [5.41, 5.74) is 4.65. The van der Waals surface area contributed by atoms with Gasteiger partial charge < -0.3 is 24.9 Å². The highest BCUT2D eigenvalue weighted by molar-refractivity contribution is 6.32. The van der Waals surface area contributed by atoms with E-state index in [9.17, 15) is 19.6 Å². The molecule has 3 aromatic rings. The first-order valence-corrected chi connectivity index (χ1v) is 20.9. The molecule has 0 aromatic heterocycles. The Kier molecular flexibility index (Phi) is 11.3. The number of halogens is 2. The minimum atomic E-state index is -0.407. The molecule has 5 heterocycles. The fourth-order valence-corrected chi connectivity index (χ4v) is 10.0. The summed E-state index contributed by atoms with van der Waals surface area (Å²) in [4.78, 5) is 48.6. The number of piperidine rings is 3. The quantitative estimate of drug-likeness (QED) is 0.260. The molecule has 5 saturated heterocycles. The van der Waals surface area contributed by atoms with Crippen LogP contribution in [0, 0.1) is 28.5 Å². The summed E-state index contributed by atoms with van der Waals surface area (Å²) in [6, 6.07) is 20.9. The van der Waals surface area contributed by atoms with Gasteiger partial charge in [0.2, 0.25) is 11.8 Å². The van der Waals surface area contributed by atoms with E-state index in [0.29, 0.717) is 59.7 Å². The Balaban J connectivity index is 0.778. The lowest BCUT2D eigenvalue weighted by molar-refractivity contribution is -0.133. The van der Waals surface area contributed by atoms with Crippen LogP contribution in [-0.2, 0) is 9.59 Å². The maximum absolute atomic E-state index is 15.7. The highest BCUT2D eigenvalue weighted by Gasteiger charge is 2.44. The second kappa shape index (κ2) is 16.5. The van der Waals surface area contributed by atoms with E-state index in [4.69, 9.17) is 11.6 Å². The van der Waals surface area contributed by atoms with Gasteiger partial charge in [-0.15, -0.1) is 0 Å².